The molecular formula is C17H20N2O5S. The Hall–Kier alpha value is -2.61. The minimum absolute atomic E-state index is 0.0195. The fourth-order valence-electron chi connectivity index (χ4n) is 2.27. The first kappa shape index (κ1) is 18.7. The van der Waals surface area contributed by atoms with Crippen molar-refractivity contribution < 1.29 is 23.8 Å². The second-order valence-corrected chi connectivity index (χ2v) is 5.34. The van der Waals surface area contributed by atoms with E-state index in [2.05, 4.69) is 10.6 Å². The molecule has 0 saturated carbocycles. The standard InChI is InChI=1S/C17H20N2O5S/c1-4-22-10-7-13(23-5-2)11(14(8-10)24-6-3)9-12-15(20)18-17(25)19-16(12)21/h7-9H,4-6H2,1-3H3,(H2,18,19,20,21,25). The molecule has 2 rings (SSSR count). The molecule has 1 aliphatic heterocycles. The molecule has 0 aromatic heterocycles. The topological polar surface area (TPSA) is 85.9 Å². The summed E-state index contributed by atoms with van der Waals surface area (Å²) >= 11 is 4.80. The molecule has 1 aromatic carbocycles. The number of thiocarbonyl (C=S) groups is 1. The van der Waals surface area contributed by atoms with Crippen molar-refractivity contribution in [1.29, 1.82) is 0 Å². The summed E-state index contributed by atoms with van der Waals surface area (Å²) in [6.45, 7) is 6.84. The molecule has 2 N–H and O–H groups in total. The Morgan fingerprint density at radius 3 is 1.84 bits per heavy atom. The maximum atomic E-state index is 12.1. The van der Waals surface area contributed by atoms with Gasteiger partial charge >= 0.3 is 0 Å². The third-order valence-corrected chi connectivity index (χ3v) is 3.42. The number of carbonyl (C=O) groups excluding carboxylic acids is 2. The second kappa shape index (κ2) is 8.48. The van der Waals surface area contributed by atoms with E-state index in [0.717, 1.165) is 0 Å². The van der Waals surface area contributed by atoms with E-state index in [-0.39, 0.29) is 10.7 Å². The summed E-state index contributed by atoms with van der Waals surface area (Å²) in [6, 6.07) is 3.40. The van der Waals surface area contributed by atoms with Crippen LogP contribution in [-0.4, -0.2) is 36.7 Å². The van der Waals surface area contributed by atoms with Gasteiger partial charge in [0, 0.05) is 12.1 Å². The number of nitrogens with one attached hydrogen (secondary N) is 2. The van der Waals surface area contributed by atoms with Crippen LogP contribution in [0.1, 0.15) is 26.3 Å². The van der Waals surface area contributed by atoms with E-state index in [1.54, 1.807) is 12.1 Å². The highest BCUT2D eigenvalue weighted by atomic mass is 32.1. The van der Waals surface area contributed by atoms with Crippen molar-refractivity contribution in [2.45, 2.75) is 20.8 Å². The van der Waals surface area contributed by atoms with E-state index in [1.807, 2.05) is 20.8 Å². The van der Waals surface area contributed by atoms with Gasteiger partial charge < -0.3 is 14.2 Å². The van der Waals surface area contributed by atoms with Crippen LogP contribution < -0.4 is 24.8 Å². The summed E-state index contributed by atoms with van der Waals surface area (Å²) in [5.74, 6) is 0.339. The first-order chi connectivity index (χ1) is 12.0. The van der Waals surface area contributed by atoms with E-state index >= 15 is 0 Å². The minimum Gasteiger partial charge on any atom is -0.494 e. The van der Waals surface area contributed by atoms with Gasteiger partial charge in [0.25, 0.3) is 11.8 Å². The van der Waals surface area contributed by atoms with Gasteiger partial charge in [-0.3, -0.25) is 20.2 Å². The quantitative estimate of drug-likeness (QED) is 0.436. The Bertz CT molecular complexity index is 681. The van der Waals surface area contributed by atoms with Crippen molar-refractivity contribution in [3.8, 4) is 17.2 Å². The summed E-state index contributed by atoms with van der Waals surface area (Å²) in [6.07, 6.45) is 1.43. The van der Waals surface area contributed by atoms with Crippen LogP contribution in [0.25, 0.3) is 6.08 Å². The molecule has 0 spiro atoms. The van der Waals surface area contributed by atoms with Gasteiger partial charge in [-0.15, -0.1) is 0 Å². The van der Waals surface area contributed by atoms with Gasteiger partial charge in [0.2, 0.25) is 0 Å². The molecule has 8 heteroatoms. The van der Waals surface area contributed by atoms with E-state index in [0.29, 0.717) is 42.6 Å². The Morgan fingerprint density at radius 2 is 1.40 bits per heavy atom. The van der Waals surface area contributed by atoms with E-state index in [1.165, 1.54) is 6.08 Å². The lowest BCUT2D eigenvalue weighted by molar-refractivity contribution is -0.123. The van der Waals surface area contributed by atoms with Crippen molar-refractivity contribution in [1.82, 2.24) is 10.6 Å². The largest absolute Gasteiger partial charge is 0.494 e. The zero-order chi connectivity index (χ0) is 18.4. The Kier molecular flexibility index (Phi) is 6.35. The lowest BCUT2D eigenvalue weighted by Gasteiger charge is -2.19. The van der Waals surface area contributed by atoms with Crippen LogP contribution in [0.5, 0.6) is 17.2 Å². The van der Waals surface area contributed by atoms with Gasteiger partial charge in [0.15, 0.2) is 5.11 Å². The van der Waals surface area contributed by atoms with E-state index in [9.17, 15) is 9.59 Å². The molecule has 0 atom stereocenters. The molecule has 134 valence electrons. The van der Waals surface area contributed by atoms with Gasteiger partial charge in [0.1, 0.15) is 22.8 Å². The predicted octanol–water partition coefficient (Wildman–Crippen LogP) is 1.80. The maximum Gasteiger partial charge on any atom is 0.263 e. The molecule has 1 aliphatic rings. The Labute approximate surface area is 151 Å². The zero-order valence-electron chi connectivity index (χ0n) is 14.3. The first-order valence-corrected chi connectivity index (χ1v) is 8.35. The Morgan fingerprint density at radius 1 is 0.920 bits per heavy atom. The smallest absolute Gasteiger partial charge is 0.263 e. The van der Waals surface area contributed by atoms with Crippen LogP contribution in [0, 0.1) is 0 Å². The third kappa shape index (κ3) is 4.48. The van der Waals surface area contributed by atoms with Gasteiger partial charge in [-0.25, -0.2) is 0 Å². The fraction of sp³-hybridized carbons (Fsp3) is 0.353. The summed E-state index contributed by atoms with van der Waals surface area (Å²) in [5, 5.41) is 4.78. The SMILES string of the molecule is CCOc1cc(OCC)c(C=C2C(=O)NC(=S)NC2=O)c(OCC)c1. The zero-order valence-corrected chi connectivity index (χ0v) is 15.1. The Balaban J connectivity index is 2.56. The summed E-state index contributed by atoms with van der Waals surface area (Å²) < 4.78 is 16.8. The van der Waals surface area contributed by atoms with Crippen molar-refractivity contribution in [3.05, 3.63) is 23.3 Å². The fourth-order valence-corrected chi connectivity index (χ4v) is 2.46. The van der Waals surface area contributed by atoms with E-state index < -0.39 is 11.8 Å². The first-order valence-electron chi connectivity index (χ1n) is 7.94. The number of rotatable bonds is 7. The second-order valence-electron chi connectivity index (χ2n) is 4.93. The molecule has 1 fully saturated rings. The van der Waals surface area contributed by atoms with Crippen molar-refractivity contribution in [2.75, 3.05) is 19.8 Å². The van der Waals surface area contributed by atoms with Crippen molar-refractivity contribution in [2.24, 2.45) is 0 Å². The number of benzene rings is 1. The van der Waals surface area contributed by atoms with Crippen LogP contribution in [0.3, 0.4) is 0 Å². The van der Waals surface area contributed by atoms with Crippen LogP contribution in [0.2, 0.25) is 0 Å². The summed E-state index contributed by atoms with van der Waals surface area (Å²) in [5.41, 5.74) is 0.403. The maximum absolute atomic E-state index is 12.1. The highest BCUT2D eigenvalue weighted by Crippen LogP contribution is 2.36. The molecule has 7 nitrogen and oxygen atoms in total. The number of amides is 2. The highest BCUT2D eigenvalue weighted by molar-refractivity contribution is 7.80. The van der Waals surface area contributed by atoms with Crippen molar-refractivity contribution >= 4 is 35.2 Å². The molecule has 0 bridgehead atoms. The molecule has 25 heavy (non-hydrogen) atoms. The monoisotopic (exact) mass is 364 g/mol. The predicted molar refractivity (Wildman–Crippen MR) is 96.8 cm³/mol. The van der Waals surface area contributed by atoms with E-state index in [4.69, 9.17) is 26.4 Å². The molecule has 0 unspecified atom stereocenters. The van der Waals surface area contributed by atoms with Gasteiger partial charge in [-0.05, 0) is 39.1 Å². The van der Waals surface area contributed by atoms with Crippen LogP contribution >= 0.6 is 12.2 Å². The number of ether oxygens (including phenoxy) is 3. The lowest BCUT2D eigenvalue weighted by atomic mass is 10.1. The average Bonchev–Trinajstić information content (AvgIpc) is 2.53. The molecule has 0 radical (unpaired) electrons. The van der Waals surface area contributed by atoms with Crippen LogP contribution in [0.4, 0.5) is 0 Å². The molecule has 1 saturated heterocycles. The normalized spacial score (nSPS) is 13.9. The van der Waals surface area contributed by atoms with Gasteiger partial charge in [0.05, 0.1) is 25.4 Å². The van der Waals surface area contributed by atoms with Crippen LogP contribution in [0.15, 0.2) is 17.7 Å². The summed E-state index contributed by atoms with van der Waals surface area (Å²) in [7, 11) is 0. The average molecular weight is 364 g/mol. The van der Waals surface area contributed by atoms with Crippen molar-refractivity contribution in [3.63, 3.8) is 0 Å². The molecule has 2 amide bonds. The molecule has 0 aliphatic carbocycles. The van der Waals surface area contributed by atoms with Gasteiger partial charge in [-0.1, -0.05) is 0 Å². The minimum atomic E-state index is -0.576. The van der Waals surface area contributed by atoms with Gasteiger partial charge in [-0.2, -0.15) is 0 Å². The molecule has 1 heterocycles. The highest BCUT2D eigenvalue weighted by Gasteiger charge is 2.27. The number of hydrogen-bond donors (Lipinski definition) is 2. The lowest BCUT2D eigenvalue weighted by Crippen LogP contribution is -2.51. The summed E-state index contributed by atoms with van der Waals surface area (Å²) in [4.78, 5) is 24.2. The number of carbonyl (C=O) groups is 2. The molecular weight excluding hydrogens is 344 g/mol. The number of hydrogen-bond acceptors (Lipinski definition) is 6. The molecule has 1 aromatic rings. The van der Waals surface area contributed by atoms with Crippen LogP contribution in [-0.2, 0) is 9.59 Å². The third-order valence-electron chi connectivity index (χ3n) is 3.22.